The molecule has 1 N–H and O–H groups in total. The first kappa shape index (κ1) is 24.5. The van der Waals surface area contributed by atoms with E-state index >= 15 is 0 Å². The fourth-order valence-electron chi connectivity index (χ4n) is 4.95. The minimum Gasteiger partial charge on any atom is -0.352 e. The van der Waals surface area contributed by atoms with Crippen LogP contribution in [0.3, 0.4) is 0 Å². The van der Waals surface area contributed by atoms with Crippen molar-refractivity contribution in [2.24, 2.45) is 5.92 Å². The molecule has 0 spiro atoms. The van der Waals surface area contributed by atoms with Gasteiger partial charge in [-0.15, -0.1) is 0 Å². The van der Waals surface area contributed by atoms with Crippen LogP contribution < -0.4 is 5.32 Å². The van der Waals surface area contributed by atoms with E-state index in [9.17, 15) is 4.79 Å². The van der Waals surface area contributed by atoms with Crippen LogP contribution in [0.1, 0.15) is 55.2 Å². The molecule has 2 saturated heterocycles. The Morgan fingerprint density at radius 1 is 0.848 bits per heavy atom. The van der Waals surface area contributed by atoms with E-state index in [1.165, 1.54) is 44.3 Å². The van der Waals surface area contributed by atoms with Gasteiger partial charge < -0.3 is 5.32 Å². The Morgan fingerprint density at radius 3 is 2.27 bits per heavy atom. The van der Waals surface area contributed by atoms with Gasteiger partial charge in [-0.05, 0) is 74.1 Å². The first-order valence-electron chi connectivity index (χ1n) is 12.3. The number of piperidine rings is 1. The van der Waals surface area contributed by atoms with Crippen LogP contribution in [-0.2, 0) is 24.4 Å². The summed E-state index contributed by atoms with van der Waals surface area (Å²) in [7, 11) is 0. The quantitative estimate of drug-likeness (QED) is 0.527. The van der Waals surface area contributed by atoms with Gasteiger partial charge in [-0.3, -0.25) is 14.6 Å². The van der Waals surface area contributed by atoms with Gasteiger partial charge in [-0.2, -0.15) is 0 Å². The summed E-state index contributed by atoms with van der Waals surface area (Å²) in [5.74, 6) is 0.169. The molecule has 0 radical (unpaired) electrons. The molecule has 1 atom stereocenters. The van der Waals surface area contributed by atoms with Crippen molar-refractivity contribution in [3.63, 3.8) is 0 Å². The number of likely N-dealkylation sites (tertiary alicyclic amines) is 2. The molecule has 2 aromatic rings. The van der Waals surface area contributed by atoms with Gasteiger partial charge in [0.1, 0.15) is 0 Å². The normalized spacial score (nSPS) is 20.4. The van der Waals surface area contributed by atoms with E-state index in [0.29, 0.717) is 16.6 Å². The SMILES string of the molecule is O=C(NCc1ccc(CN2CCCCCC2)cc1)C1CCCN(Cc2ccc(Cl)cc2Cl)C1. The Balaban J connectivity index is 1.24. The second-order valence-electron chi connectivity index (χ2n) is 9.53. The zero-order chi connectivity index (χ0) is 23.0. The zero-order valence-corrected chi connectivity index (χ0v) is 20.9. The molecule has 178 valence electrons. The molecule has 1 amide bonds. The Bertz CT molecular complexity index is 910. The number of amides is 1. The highest BCUT2D eigenvalue weighted by atomic mass is 35.5. The maximum atomic E-state index is 12.9. The van der Waals surface area contributed by atoms with Gasteiger partial charge >= 0.3 is 0 Å². The predicted molar refractivity (Wildman–Crippen MR) is 136 cm³/mol. The van der Waals surface area contributed by atoms with Crippen molar-refractivity contribution in [1.82, 2.24) is 15.1 Å². The van der Waals surface area contributed by atoms with Crippen LogP contribution in [0.15, 0.2) is 42.5 Å². The molecule has 0 aromatic heterocycles. The zero-order valence-electron chi connectivity index (χ0n) is 19.4. The minimum atomic E-state index is 0.0205. The Hall–Kier alpha value is -1.59. The Morgan fingerprint density at radius 2 is 1.55 bits per heavy atom. The molecule has 2 fully saturated rings. The van der Waals surface area contributed by atoms with E-state index in [4.69, 9.17) is 23.2 Å². The van der Waals surface area contributed by atoms with Crippen molar-refractivity contribution in [2.45, 2.75) is 58.2 Å². The number of carbonyl (C=O) groups is 1. The summed E-state index contributed by atoms with van der Waals surface area (Å²) in [5, 5.41) is 4.50. The monoisotopic (exact) mass is 487 g/mol. The molecule has 2 heterocycles. The summed E-state index contributed by atoms with van der Waals surface area (Å²) in [6, 6.07) is 14.4. The first-order valence-corrected chi connectivity index (χ1v) is 13.1. The lowest BCUT2D eigenvalue weighted by atomic mass is 9.96. The van der Waals surface area contributed by atoms with Gasteiger partial charge in [0, 0.05) is 36.2 Å². The standard InChI is InChI=1S/C27H35Cl2N3O/c28-25-12-11-23(26(29)16-25)19-32-15-5-6-24(20-32)27(33)30-17-21-7-9-22(10-8-21)18-31-13-3-1-2-4-14-31/h7-12,16,24H,1-6,13-15,17-20H2,(H,30,33). The summed E-state index contributed by atoms with van der Waals surface area (Å²) in [4.78, 5) is 17.7. The first-order chi connectivity index (χ1) is 16.1. The summed E-state index contributed by atoms with van der Waals surface area (Å²) in [6.07, 6.45) is 7.32. The van der Waals surface area contributed by atoms with Gasteiger partial charge in [0.05, 0.1) is 5.92 Å². The van der Waals surface area contributed by atoms with E-state index in [1.54, 1.807) is 6.07 Å². The van der Waals surface area contributed by atoms with Gasteiger partial charge in [0.15, 0.2) is 0 Å². The molecule has 4 rings (SSSR count). The third-order valence-corrected chi connectivity index (χ3v) is 7.47. The molecule has 0 saturated carbocycles. The molecule has 6 heteroatoms. The van der Waals surface area contributed by atoms with Crippen molar-refractivity contribution in [1.29, 1.82) is 0 Å². The van der Waals surface area contributed by atoms with E-state index in [0.717, 1.165) is 50.1 Å². The second kappa shape index (κ2) is 12.2. The van der Waals surface area contributed by atoms with Crippen molar-refractivity contribution in [3.05, 3.63) is 69.2 Å². The Labute approximate surface area is 208 Å². The summed E-state index contributed by atoms with van der Waals surface area (Å²) in [5.41, 5.74) is 3.57. The number of halogens is 2. The average molecular weight is 489 g/mol. The Kier molecular flexibility index (Phi) is 9.08. The lowest BCUT2D eigenvalue weighted by Gasteiger charge is -2.32. The number of rotatable bonds is 7. The lowest BCUT2D eigenvalue weighted by molar-refractivity contribution is -0.126. The van der Waals surface area contributed by atoms with Crippen LogP contribution >= 0.6 is 23.2 Å². The van der Waals surface area contributed by atoms with Crippen LogP contribution in [-0.4, -0.2) is 41.9 Å². The molecule has 2 aromatic carbocycles. The van der Waals surface area contributed by atoms with Crippen LogP contribution in [0.25, 0.3) is 0 Å². The fourth-order valence-corrected chi connectivity index (χ4v) is 5.42. The number of carbonyl (C=O) groups excluding carboxylic acids is 1. The van der Waals surface area contributed by atoms with Crippen LogP contribution in [0.2, 0.25) is 10.0 Å². The molecule has 2 aliphatic heterocycles. The van der Waals surface area contributed by atoms with Gasteiger partial charge in [0.2, 0.25) is 5.91 Å². The number of hydrogen-bond acceptors (Lipinski definition) is 3. The maximum Gasteiger partial charge on any atom is 0.224 e. The fraction of sp³-hybridized carbons (Fsp3) is 0.519. The highest BCUT2D eigenvalue weighted by Crippen LogP contribution is 2.25. The van der Waals surface area contributed by atoms with Crippen molar-refractivity contribution >= 4 is 29.1 Å². The molecule has 33 heavy (non-hydrogen) atoms. The van der Waals surface area contributed by atoms with Crippen molar-refractivity contribution in [3.8, 4) is 0 Å². The summed E-state index contributed by atoms with van der Waals surface area (Å²) in [6.45, 7) is 6.53. The van der Waals surface area contributed by atoms with Gasteiger partial charge in [-0.1, -0.05) is 66.4 Å². The smallest absolute Gasteiger partial charge is 0.224 e. The van der Waals surface area contributed by atoms with E-state index in [-0.39, 0.29) is 11.8 Å². The third kappa shape index (κ3) is 7.45. The molecule has 0 aliphatic carbocycles. The molecule has 1 unspecified atom stereocenters. The largest absolute Gasteiger partial charge is 0.352 e. The van der Waals surface area contributed by atoms with E-state index in [1.807, 2.05) is 12.1 Å². The van der Waals surface area contributed by atoms with Gasteiger partial charge in [-0.25, -0.2) is 0 Å². The summed E-state index contributed by atoms with van der Waals surface area (Å²) >= 11 is 12.4. The molecular formula is C27H35Cl2N3O. The molecular weight excluding hydrogens is 453 g/mol. The van der Waals surface area contributed by atoms with E-state index in [2.05, 4.69) is 39.4 Å². The average Bonchev–Trinajstić information content (AvgIpc) is 3.09. The highest BCUT2D eigenvalue weighted by molar-refractivity contribution is 6.35. The number of hydrogen-bond donors (Lipinski definition) is 1. The molecule has 0 bridgehead atoms. The van der Waals surface area contributed by atoms with Crippen LogP contribution in [0.4, 0.5) is 0 Å². The number of nitrogens with one attached hydrogen (secondary N) is 1. The topological polar surface area (TPSA) is 35.6 Å². The lowest BCUT2D eigenvalue weighted by Crippen LogP contribution is -2.42. The van der Waals surface area contributed by atoms with Gasteiger partial charge in [0.25, 0.3) is 0 Å². The predicted octanol–water partition coefficient (Wildman–Crippen LogP) is 5.90. The molecule has 4 nitrogen and oxygen atoms in total. The number of benzene rings is 2. The van der Waals surface area contributed by atoms with Crippen molar-refractivity contribution in [2.75, 3.05) is 26.2 Å². The van der Waals surface area contributed by atoms with Crippen LogP contribution in [0.5, 0.6) is 0 Å². The van der Waals surface area contributed by atoms with E-state index < -0.39 is 0 Å². The number of nitrogens with zero attached hydrogens (tertiary/aromatic N) is 2. The molecule has 2 aliphatic rings. The highest BCUT2D eigenvalue weighted by Gasteiger charge is 2.26. The maximum absolute atomic E-state index is 12.9. The van der Waals surface area contributed by atoms with Crippen LogP contribution in [0, 0.1) is 5.92 Å². The second-order valence-corrected chi connectivity index (χ2v) is 10.4. The summed E-state index contributed by atoms with van der Waals surface area (Å²) < 4.78 is 0. The minimum absolute atomic E-state index is 0.0205. The third-order valence-electron chi connectivity index (χ3n) is 6.88. The van der Waals surface area contributed by atoms with Crippen molar-refractivity contribution < 1.29 is 4.79 Å².